The topological polar surface area (TPSA) is 72.6 Å². The van der Waals surface area contributed by atoms with Gasteiger partial charge in [-0.05, 0) is 38.0 Å². The van der Waals surface area contributed by atoms with Gasteiger partial charge in [0.05, 0.1) is 12.5 Å². The van der Waals surface area contributed by atoms with E-state index in [0.717, 1.165) is 0 Å². The van der Waals surface area contributed by atoms with Crippen molar-refractivity contribution in [2.24, 2.45) is 5.92 Å². The average molecular weight is 316 g/mol. The maximum Gasteiger partial charge on any atom is 0.309 e. The predicted molar refractivity (Wildman–Crippen MR) is 84.0 cm³/mol. The zero-order chi connectivity index (χ0) is 16.4. The maximum absolute atomic E-state index is 12.6. The second-order valence-corrected chi connectivity index (χ2v) is 5.73. The zero-order valence-electron chi connectivity index (χ0n) is 13.4. The summed E-state index contributed by atoms with van der Waals surface area (Å²) in [5.74, 6) is 0.300. The normalized spacial score (nSPS) is 15.8. The number of benzene rings is 1. The number of aryl methyl sites for hydroxylation is 1. The van der Waals surface area contributed by atoms with Crippen LogP contribution in [-0.2, 0) is 9.53 Å². The van der Waals surface area contributed by atoms with Crippen LogP contribution >= 0.6 is 0 Å². The summed E-state index contributed by atoms with van der Waals surface area (Å²) in [5.41, 5.74) is 1.97. The maximum atomic E-state index is 12.6. The number of hydrogen-bond acceptors (Lipinski definition) is 5. The van der Waals surface area contributed by atoms with Crippen LogP contribution in [0.5, 0.6) is 0 Å². The second-order valence-electron chi connectivity index (χ2n) is 5.73. The Balaban J connectivity index is 1.67. The van der Waals surface area contributed by atoms with Gasteiger partial charge in [-0.1, -0.05) is 0 Å². The third-order valence-corrected chi connectivity index (χ3v) is 4.14. The molecule has 0 saturated carbocycles. The molecule has 23 heavy (non-hydrogen) atoms. The fourth-order valence-corrected chi connectivity index (χ4v) is 2.94. The molecule has 0 radical (unpaired) electrons. The molecule has 0 atom stereocenters. The van der Waals surface area contributed by atoms with Crippen LogP contribution in [-0.4, -0.2) is 41.5 Å². The lowest BCUT2D eigenvalue weighted by atomic mass is 9.96. The molecule has 1 saturated heterocycles. The molecule has 1 fully saturated rings. The van der Waals surface area contributed by atoms with Crippen LogP contribution in [0.3, 0.4) is 0 Å². The van der Waals surface area contributed by atoms with Crippen molar-refractivity contribution >= 4 is 23.0 Å². The van der Waals surface area contributed by atoms with Crippen LogP contribution in [0.2, 0.25) is 0 Å². The standard InChI is InChI=1S/C17H20N2O4/c1-3-22-17(21)12-6-8-19(9-7-12)16(20)13-4-5-15-14(10-13)18-11(2)23-15/h4-5,10,12H,3,6-9H2,1-2H3. The largest absolute Gasteiger partial charge is 0.466 e. The van der Waals surface area contributed by atoms with Crippen LogP contribution in [0, 0.1) is 12.8 Å². The molecule has 3 rings (SSSR count). The number of oxazole rings is 1. The number of carbonyl (C=O) groups is 2. The summed E-state index contributed by atoms with van der Waals surface area (Å²) in [5, 5.41) is 0. The highest BCUT2D eigenvalue weighted by molar-refractivity contribution is 5.97. The molecular weight excluding hydrogens is 296 g/mol. The number of fused-ring (bicyclic) bond motifs is 1. The van der Waals surface area contributed by atoms with Gasteiger partial charge in [-0.2, -0.15) is 0 Å². The van der Waals surface area contributed by atoms with Gasteiger partial charge in [0.15, 0.2) is 11.5 Å². The minimum atomic E-state index is -0.154. The van der Waals surface area contributed by atoms with Crippen LogP contribution in [0.15, 0.2) is 22.6 Å². The van der Waals surface area contributed by atoms with E-state index in [9.17, 15) is 9.59 Å². The Morgan fingerprint density at radius 2 is 2.09 bits per heavy atom. The summed E-state index contributed by atoms with van der Waals surface area (Å²) in [6.45, 7) is 5.12. The Morgan fingerprint density at radius 1 is 1.35 bits per heavy atom. The van der Waals surface area contributed by atoms with Gasteiger partial charge in [-0.15, -0.1) is 0 Å². The first-order chi connectivity index (χ1) is 11.1. The molecule has 0 aliphatic carbocycles. The fraction of sp³-hybridized carbons (Fsp3) is 0.471. The molecule has 1 aromatic heterocycles. The van der Waals surface area contributed by atoms with Crippen LogP contribution in [0.4, 0.5) is 0 Å². The summed E-state index contributed by atoms with van der Waals surface area (Å²) < 4.78 is 10.5. The van der Waals surface area contributed by atoms with Gasteiger partial charge in [0.2, 0.25) is 0 Å². The van der Waals surface area contributed by atoms with E-state index in [4.69, 9.17) is 9.15 Å². The van der Waals surface area contributed by atoms with Gasteiger partial charge in [0.25, 0.3) is 5.91 Å². The number of carbonyl (C=O) groups excluding carboxylic acids is 2. The van der Waals surface area contributed by atoms with Crippen molar-refractivity contribution < 1.29 is 18.7 Å². The molecule has 1 amide bonds. The number of piperidine rings is 1. The van der Waals surface area contributed by atoms with E-state index < -0.39 is 0 Å². The number of amides is 1. The van der Waals surface area contributed by atoms with Crippen LogP contribution in [0.25, 0.3) is 11.1 Å². The number of ether oxygens (including phenoxy) is 1. The van der Waals surface area contributed by atoms with Gasteiger partial charge in [0.1, 0.15) is 5.52 Å². The lowest BCUT2D eigenvalue weighted by molar-refractivity contribution is -0.149. The minimum Gasteiger partial charge on any atom is -0.466 e. The fourth-order valence-electron chi connectivity index (χ4n) is 2.94. The van der Waals surface area contributed by atoms with Gasteiger partial charge >= 0.3 is 5.97 Å². The van der Waals surface area contributed by atoms with Gasteiger partial charge < -0.3 is 14.1 Å². The molecule has 2 heterocycles. The lowest BCUT2D eigenvalue weighted by Gasteiger charge is -2.30. The van der Waals surface area contributed by atoms with Gasteiger partial charge in [-0.25, -0.2) is 4.98 Å². The highest BCUT2D eigenvalue weighted by Crippen LogP contribution is 2.22. The molecule has 6 nitrogen and oxygen atoms in total. The SMILES string of the molecule is CCOC(=O)C1CCN(C(=O)c2ccc3oc(C)nc3c2)CC1. The van der Waals surface area contributed by atoms with Gasteiger partial charge in [-0.3, -0.25) is 9.59 Å². The lowest BCUT2D eigenvalue weighted by Crippen LogP contribution is -2.40. The Bertz CT molecular complexity index is 729. The molecule has 1 aliphatic rings. The summed E-state index contributed by atoms with van der Waals surface area (Å²) in [7, 11) is 0. The van der Waals surface area contributed by atoms with E-state index >= 15 is 0 Å². The molecule has 1 aliphatic heterocycles. The molecule has 6 heteroatoms. The van der Waals surface area contributed by atoms with Crippen LogP contribution < -0.4 is 0 Å². The van der Waals surface area contributed by atoms with Crippen molar-refractivity contribution in [1.82, 2.24) is 9.88 Å². The molecule has 0 bridgehead atoms. The zero-order valence-corrected chi connectivity index (χ0v) is 13.4. The molecule has 0 unspecified atom stereocenters. The quantitative estimate of drug-likeness (QED) is 0.814. The first-order valence-corrected chi connectivity index (χ1v) is 7.91. The Labute approximate surface area is 134 Å². The van der Waals surface area contributed by atoms with Crippen molar-refractivity contribution in [2.45, 2.75) is 26.7 Å². The smallest absolute Gasteiger partial charge is 0.309 e. The highest BCUT2D eigenvalue weighted by atomic mass is 16.5. The molecule has 2 aromatic rings. The van der Waals surface area contributed by atoms with E-state index in [1.165, 1.54) is 0 Å². The Hall–Kier alpha value is -2.37. The molecule has 0 spiro atoms. The third kappa shape index (κ3) is 3.21. The molecule has 122 valence electrons. The highest BCUT2D eigenvalue weighted by Gasteiger charge is 2.28. The summed E-state index contributed by atoms with van der Waals surface area (Å²) in [6.07, 6.45) is 1.30. The van der Waals surface area contributed by atoms with Crippen molar-refractivity contribution in [1.29, 1.82) is 0 Å². The van der Waals surface area contributed by atoms with E-state index in [1.54, 1.807) is 36.9 Å². The number of likely N-dealkylation sites (tertiary alicyclic amines) is 1. The number of nitrogens with zero attached hydrogens (tertiary/aromatic N) is 2. The summed E-state index contributed by atoms with van der Waals surface area (Å²) >= 11 is 0. The van der Waals surface area contributed by atoms with Crippen molar-refractivity contribution in [2.75, 3.05) is 19.7 Å². The van der Waals surface area contributed by atoms with Gasteiger partial charge in [0, 0.05) is 25.6 Å². The third-order valence-electron chi connectivity index (χ3n) is 4.14. The van der Waals surface area contributed by atoms with E-state index in [0.29, 0.717) is 55.1 Å². The van der Waals surface area contributed by atoms with Crippen LogP contribution in [0.1, 0.15) is 36.0 Å². The minimum absolute atomic E-state index is 0.0325. The molecule has 1 aromatic carbocycles. The molecular formula is C17H20N2O4. The predicted octanol–water partition coefficient (Wildman–Crippen LogP) is 2.55. The van der Waals surface area contributed by atoms with Crippen molar-refractivity contribution in [3.8, 4) is 0 Å². The second kappa shape index (κ2) is 6.40. The van der Waals surface area contributed by atoms with E-state index in [1.807, 2.05) is 0 Å². The van der Waals surface area contributed by atoms with E-state index in [2.05, 4.69) is 4.98 Å². The number of rotatable bonds is 3. The number of esters is 1. The van der Waals surface area contributed by atoms with Crippen molar-refractivity contribution in [3.05, 3.63) is 29.7 Å². The van der Waals surface area contributed by atoms with Crippen molar-refractivity contribution in [3.63, 3.8) is 0 Å². The Morgan fingerprint density at radius 3 is 2.78 bits per heavy atom. The van der Waals surface area contributed by atoms with E-state index in [-0.39, 0.29) is 17.8 Å². The first-order valence-electron chi connectivity index (χ1n) is 7.91. The summed E-state index contributed by atoms with van der Waals surface area (Å²) in [6, 6.07) is 5.28. The first kappa shape index (κ1) is 15.5. The molecule has 0 N–H and O–H groups in total. The Kier molecular flexibility index (Phi) is 4.32. The summed E-state index contributed by atoms with van der Waals surface area (Å²) in [4.78, 5) is 30.4. The number of hydrogen-bond donors (Lipinski definition) is 0. The average Bonchev–Trinajstić information content (AvgIpc) is 2.93. The number of aromatic nitrogens is 1. The monoisotopic (exact) mass is 316 g/mol.